The Hall–Kier alpha value is -1.32. The first-order chi connectivity index (χ1) is 9.74. The topological polar surface area (TPSA) is 21.3 Å². The van der Waals surface area contributed by atoms with Crippen LogP contribution in [0.15, 0.2) is 53.0 Å². The van der Waals surface area contributed by atoms with Crippen molar-refractivity contribution in [2.45, 2.75) is 19.4 Å². The first kappa shape index (κ1) is 15.1. The number of likely N-dealkylation sites (N-methyl/N-ethyl adjacent to an activating group) is 1. The Morgan fingerprint density at radius 3 is 2.50 bits per heavy atom. The molecule has 0 aliphatic carbocycles. The minimum absolute atomic E-state index is 0.310. The molecular formula is C17H20BrNO. The fraction of sp³-hybridized carbons (Fsp3) is 0.294. The van der Waals surface area contributed by atoms with Crippen molar-refractivity contribution in [3.8, 4) is 5.75 Å². The fourth-order valence-electron chi connectivity index (χ4n) is 2.30. The lowest BCUT2D eigenvalue weighted by Gasteiger charge is -2.19. The van der Waals surface area contributed by atoms with Gasteiger partial charge in [-0.1, -0.05) is 43.3 Å². The molecule has 2 rings (SSSR count). The fourth-order valence-corrected chi connectivity index (χ4v) is 2.86. The summed E-state index contributed by atoms with van der Waals surface area (Å²) in [6.07, 6.45) is 0.980. The zero-order chi connectivity index (χ0) is 14.4. The van der Waals surface area contributed by atoms with Gasteiger partial charge in [-0.25, -0.2) is 0 Å². The molecule has 2 nitrogen and oxygen atoms in total. The third kappa shape index (κ3) is 3.84. The van der Waals surface area contributed by atoms with Crippen molar-refractivity contribution in [1.29, 1.82) is 0 Å². The predicted molar refractivity (Wildman–Crippen MR) is 87.3 cm³/mol. The zero-order valence-electron chi connectivity index (χ0n) is 11.9. The molecule has 0 aromatic heterocycles. The van der Waals surface area contributed by atoms with Gasteiger partial charge in [-0.15, -0.1) is 0 Å². The highest BCUT2D eigenvalue weighted by atomic mass is 79.9. The van der Waals surface area contributed by atoms with Crippen LogP contribution in [0.25, 0.3) is 0 Å². The summed E-state index contributed by atoms with van der Waals surface area (Å²) < 4.78 is 6.28. The molecule has 2 aromatic carbocycles. The van der Waals surface area contributed by atoms with Gasteiger partial charge in [-0.2, -0.15) is 0 Å². The van der Waals surface area contributed by atoms with Crippen molar-refractivity contribution in [3.63, 3.8) is 0 Å². The third-order valence-electron chi connectivity index (χ3n) is 3.31. The summed E-state index contributed by atoms with van der Waals surface area (Å²) in [5.74, 6) is 0.865. The van der Waals surface area contributed by atoms with Gasteiger partial charge in [0.1, 0.15) is 5.75 Å². The number of methoxy groups -OCH3 is 1. The Morgan fingerprint density at radius 2 is 1.90 bits per heavy atom. The van der Waals surface area contributed by atoms with Crippen molar-refractivity contribution in [1.82, 2.24) is 5.32 Å². The van der Waals surface area contributed by atoms with E-state index < -0.39 is 0 Å². The highest BCUT2D eigenvalue weighted by Crippen LogP contribution is 2.29. The lowest BCUT2D eigenvalue weighted by molar-refractivity contribution is 0.411. The molecule has 1 unspecified atom stereocenters. The highest BCUT2D eigenvalue weighted by molar-refractivity contribution is 9.10. The molecule has 106 valence electrons. The Bertz CT molecular complexity index is 542. The van der Waals surface area contributed by atoms with E-state index in [0.29, 0.717) is 6.04 Å². The molecule has 1 atom stereocenters. The van der Waals surface area contributed by atoms with Crippen molar-refractivity contribution in [2.24, 2.45) is 0 Å². The molecule has 1 N–H and O–H groups in total. The molecule has 0 radical (unpaired) electrons. The summed E-state index contributed by atoms with van der Waals surface area (Å²) in [6, 6.07) is 17.1. The van der Waals surface area contributed by atoms with E-state index in [0.717, 1.165) is 23.2 Å². The SMILES string of the molecule is CCNC(Cc1ccccc1)c1ccc(OC)c(Br)c1. The van der Waals surface area contributed by atoms with Crippen LogP contribution in [0.1, 0.15) is 24.1 Å². The first-order valence-corrected chi connectivity index (χ1v) is 7.64. The smallest absolute Gasteiger partial charge is 0.133 e. The molecule has 0 amide bonds. The van der Waals surface area contributed by atoms with Gasteiger partial charge in [-0.3, -0.25) is 0 Å². The van der Waals surface area contributed by atoms with Gasteiger partial charge in [0.2, 0.25) is 0 Å². The molecule has 0 saturated heterocycles. The van der Waals surface area contributed by atoms with E-state index in [9.17, 15) is 0 Å². The Kier molecular flexibility index (Phi) is 5.62. The minimum Gasteiger partial charge on any atom is -0.496 e. The van der Waals surface area contributed by atoms with Crippen molar-refractivity contribution in [3.05, 3.63) is 64.1 Å². The van der Waals surface area contributed by atoms with Crippen LogP contribution >= 0.6 is 15.9 Å². The molecule has 0 heterocycles. The van der Waals surface area contributed by atoms with Crippen molar-refractivity contribution >= 4 is 15.9 Å². The van der Waals surface area contributed by atoms with E-state index in [1.807, 2.05) is 6.07 Å². The number of benzene rings is 2. The molecule has 0 spiro atoms. The molecule has 0 saturated carbocycles. The van der Waals surface area contributed by atoms with Gasteiger partial charge >= 0.3 is 0 Å². The summed E-state index contributed by atoms with van der Waals surface area (Å²) >= 11 is 3.56. The maximum atomic E-state index is 5.29. The molecule has 0 aliphatic heterocycles. The van der Waals surface area contributed by atoms with Crippen LogP contribution < -0.4 is 10.1 Å². The average molecular weight is 334 g/mol. The molecule has 2 aromatic rings. The van der Waals surface area contributed by atoms with E-state index in [1.165, 1.54) is 11.1 Å². The summed E-state index contributed by atoms with van der Waals surface area (Å²) in [5.41, 5.74) is 2.61. The van der Waals surface area contributed by atoms with E-state index in [1.54, 1.807) is 7.11 Å². The quantitative estimate of drug-likeness (QED) is 0.848. The average Bonchev–Trinajstić information content (AvgIpc) is 2.48. The largest absolute Gasteiger partial charge is 0.496 e. The summed E-state index contributed by atoms with van der Waals surface area (Å²) in [5, 5.41) is 3.55. The molecule has 0 bridgehead atoms. The predicted octanol–water partition coefficient (Wildman–Crippen LogP) is 4.35. The van der Waals surface area contributed by atoms with Crippen LogP contribution in [0.2, 0.25) is 0 Å². The number of halogens is 1. The standard InChI is InChI=1S/C17H20BrNO/c1-3-19-16(11-13-7-5-4-6-8-13)14-9-10-17(20-2)15(18)12-14/h4-10,12,16,19H,3,11H2,1-2H3. The van der Waals surface area contributed by atoms with Crippen LogP contribution in [-0.2, 0) is 6.42 Å². The second-order valence-electron chi connectivity index (χ2n) is 4.69. The molecule has 3 heteroatoms. The van der Waals surface area contributed by atoms with E-state index in [-0.39, 0.29) is 0 Å². The second kappa shape index (κ2) is 7.46. The van der Waals surface area contributed by atoms with Crippen LogP contribution in [0.4, 0.5) is 0 Å². The van der Waals surface area contributed by atoms with Crippen molar-refractivity contribution in [2.75, 3.05) is 13.7 Å². The lowest BCUT2D eigenvalue weighted by Crippen LogP contribution is -2.23. The van der Waals surface area contributed by atoms with Crippen LogP contribution in [0, 0.1) is 0 Å². The highest BCUT2D eigenvalue weighted by Gasteiger charge is 2.13. The second-order valence-corrected chi connectivity index (χ2v) is 5.55. The van der Waals surface area contributed by atoms with Crippen molar-refractivity contribution < 1.29 is 4.74 Å². The van der Waals surface area contributed by atoms with E-state index in [4.69, 9.17) is 4.74 Å². The van der Waals surface area contributed by atoms with Gasteiger partial charge in [0, 0.05) is 6.04 Å². The molecule has 0 fully saturated rings. The Morgan fingerprint density at radius 1 is 1.15 bits per heavy atom. The van der Waals surface area contributed by atoms with Gasteiger partial charge in [0.25, 0.3) is 0 Å². The third-order valence-corrected chi connectivity index (χ3v) is 3.93. The van der Waals surface area contributed by atoms with E-state index >= 15 is 0 Å². The summed E-state index contributed by atoms with van der Waals surface area (Å²) in [4.78, 5) is 0. The van der Waals surface area contributed by atoms with Crippen LogP contribution in [0.5, 0.6) is 5.75 Å². The Balaban J connectivity index is 2.22. The zero-order valence-corrected chi connectivity index (χ0v) is 13.5. The maximum Gasteiger partial charge on any atom is 0.133 e. The van der Waals surface area contributed by atoms with Gasteiger partial charge in [-0.05, 0) is 52.2 Å². The minimum atomic E-state index is 0.310. The Labute approximate surface area is 129 Å². The van der Waals surface area contributed by atoms with Gasteiger partial charge < -0.3 is 10.1 Å². The molecule has 0 aliphatic rings. The van der Waals surface area contributed by atoms with Gasteiger partial charge in [0.15, 0.2) is 0 Å². The number of hydrogen-bond donors (Lipinski definition) is 1. The molecular weight excluding hydrogens is 314 g/mol. The maximum absolute atomic E-state index is 5.29. The molecule has 20 heavy (non-hydrogen) atoms. The number of hydrogen-bond acceptors (Lipinski definition) is 2. The van der Waals surface area contributed by atoms with Crippen LogP contribution in [0.3, 0.4) is 0 Å². The lowest BCUT2D eigenvalue weighted by atomic mass is 9.99. The van der Waals surface area contributed by atoms with Gasteiger partial charge in [0.05, 0.1) is 11.6 Å². The monoisotopic (exact) mass is 333 g/mol. The number of nitrogens with one attached hydrogen (secondary N) is 1. The number of ether oxygens (including phenoxy) is 1. The normalized spacial score (nSPS) is 12.2. The number of rotatable bonds is 6. The van der Waals surface area contributed by atoms with Crippen LogP contribution in [-0.4, -0.2) is 13.7 Å². The summed E-state index contributed by atoms with van der Waals surface area (Å²) in [7, 11) is 1.69. The van der Waals surface area contributed by atoms with E-state index in [2.05, 4.69) is 70.6 Å². The summed E-state index contributed by atoms with van der Waals surface area (Å²) in [6.45, 7) is 3.08. The first-order valence-electron chi connectivity index (χ1n) is 6.85.